The molecule has 0 saturated carbocycles. The Bertz CT molecular complexity index is 446. The van der Waals surface area contributed by atoms with E-state index in [0.29, 0.717) is 0 Å². The van der Waals surface area contributed by atoms with Crippen LogP contribution in [0.3, 0.4) is 0 Å². The molecule has 0 bridgehead atoms. The van der Waals surface area contributed by atoms with Crippen LogP contribution in [0.25, 0.3) is 0 Å². The van der Waals surface area contributed by atoms with Crippen molar-refractivity contribution in [1.82, 2.24) is 0 Å². The van der Waals surface area contributed by atoms with Gasteiger partial charge in [0.1, 0.15) is 6.61 Å². The van der Waals surface area contributed by atoms with E-state index in [9.17, 15) is 9.59 Å². The smallest absolute Gasteiger partial charge is 0.447 e. The number of hydrogen-bond acceptors (Lipinski definition) is 4. The number of unbranched alkanes of at least 4 members (excludes halogenated alkanes) is 2. The van der Waals surface area contributed by atoms with Crippen LogP contribution in [0, 0.1) is 0 Å². The van der Waals surface area contributed by atoms with Gasteiger partial charge in [-0.2, -0.15) is 0 Å². The molecule has 0 unspecified atom stereocenters. The summed E-state index contributed by atoms with van der Waals surface area (Å²) in [6, 6.07) is 9.15. The second-order valence-corrected chi connectivity index (χ2v) is 4.06. The number of carbonyl (C=O) groups excluding carboxylic acids is 2. The molecule has 0 saturated heterocycles. The van der Waals surface area contributed by atoms with Gasteiger partial charge in [0.2, 0.25) is 0 Å². The molecular formula is C14H18N2O4. The van der Waals surface area contributed by atoms with E-state index in [4.69, 9.17) is 9.47 Å². The third-order valence-electron chi connectivity index (χ3n) is 2.39. The molecule has 0 radical (unpaired) electrons. The second-order valence-electron chi connectivity index (χ2n) is 4.06. The van der Waals surface area contributed by atoms with Gasteiger partial charge in [-0.1, -0.05) is 60.3 Å². The summed E-state index contributed by atoms with van der Waals surface area (Å²) >= 11 is 0. The molecule has 6 heteroatoms. The standard InChI is InChI=1S/C14H18N2O4/c1-2-3-7-10-19-13(17)15-16-14(18)20-11-12-8-5-4-6-9-12/h4-6,8-9H,2-3,7,10-11H2,1H3. The van der Waals surface area contributed by atoms with Crippen molar-refractivity contribution in [2.45, 2.75) is 32.8 Å². The number of rotatable bonds is 6. The molecule has 0 aliphatic carbocycles. The summed E-state index contributed by atoms with van der Waals surface area (Å²) in [6.45, 7) is 2.42. The number of nitrogens with zero attached hydrogens (tertiary/aromatic N) is 2. The lowest BCUT2D eigenvalue weighted by Crippen LogP contribution is -2.03. The zero-order chi connectivity index (χ0) is 14.6. The first-order valence-electron chi connectivity index (χ1n) is 6.51. The molecule has 108 valence electrons. The Kier molecular flexibility index (Phi) is 7.64. The van der Waals surface area contributed by atoms with Crippen molar-refractivity contribution in [3.05, 3.63) is 35.9 Å². The lowest BCUT2D eigenvalue weighted by Gasteiger charge is -2.00. The zero-order valence-corrected chi connectivity index (χ0v) is 11.4. The summed E-state index contributed by atoms with van der Waals surface area (Å²) in [5, 5.41) is 6.25. The van der Waals surface area contributed by atoms with Gasteiger partial charge in [-0.15, -0.1) is 0 Å². The van der Waals surface area contributed by atoms with Gasteiger partial charge in [0.05, 0.1) is 6.61 Å². The minimum absolute atomic E-state index is 0.0875. The first kappa shape index (κ1) is 15.8. The molecule has 0 aromatic heterocycles. The van der Waals surface area contributed by atoms with Gasteiger partial charge in [0, 0.05) is 0 Å². The summed E-state index contributed by atoms with van der Waals surface area (Å²) in [6.07, 6.45) is 0.988. The van der Waals surface area contributed by atoms with Crippen molar-refractivity contribution in [3.63, 3.8) is 0 Å². The van der Waals surface area contributed by atoms with Crippen LogP contribution in [0.2, 0.25) is 0 Å². The molecule has 1 aromatic rings. The van der Waals surface area contributed by atoms with Crippen LogP contribution in [0.5, 0.6) is 0 Å². The van der Waals surface area contributed by atoms with E-state index in [-0.39, 0.29) is 13.2 Å². The van der Waals surface area contributed by atoms with Crippen LogP contribution in [-0.4, -0.2) is 18.8 Å². The summed E-state index contributed by atoms with van der Waals surface area (Å²) in [4.78, 5) is 22.3. The predicted molar refractivity (Wildman–Crippen MR) is 72.4 cm³/mol. The molecule has 1 aromatic carbocycles. The van der Waals surface area contributed by atoms with Crippen LogP contribution in [-0.2, 0) is 16.1 Å². The van der Waals surface area contributed by atoms with E-state index < -0.39 is 12.2 Å². The molecule has 0 aliphatic rings. The SMILES string of the molecule is CCCCCOC(=O)N=NC(=O)OCc1ccccc1. The van der Waals surface area contributed by atoms with Crippen molar-refractivity contribution in [1.29, 1.82) is 0 Å². The van der Waals surface area contributed by atoms with E-state index in [0.717, 1.165) is 24.8 Å². The summed E-state index contributed by atoms with van der Waals surface area (Å²) in [5.41, 5.74) is 0.832. The highest BCUT2D eigenvalue weighted by Crippen LogP contribution is 2.02. The van der Waals surface area contributed by atoms with E-state index in [1.807, 2.05) is 37.3 Å². The van der Waals surface area contributed by atoms with Crippen molar-refractivity contribution < 1.29 is 19.1 Å². The highest BCUT2D eigenvalue weighted by Gasteiger charge is 2.04. The van der Waals surface area contributed by atoms with Crippen molar-refractivity contribution in [2.24, 2.45) is 10.2 Å². The fraction of sp³-hybridized carbons (Fsp3) is 0.429. The average Bonchev–Trinajstić information content (AvgIpc) is 2.48. The lowest BCUT2D eigenvalue weighted by molar-refractivity contribution is 0.141. The quantitative estimate of drug-likeness (QED) is 0.579. The first-order valence-corrected chi connectivity index (χ1v) is 6.51. The normalized spacial score (nSPS) is 10.4. The highest BCUT2D eigenvalue weighted by atomic mass is 16.6. The Morgan fingerprint density at radius 1 is 1.00 bits per heavy atom. The van der Waals surface area contributed by atoms with Crippen LogP contribution in [0.1, 0.15) is 31.7 Å². The molecule has 1 rings (SSSR count). The topological polar surface area (TPSA) is 77.3 Å². The molecule has 0 atom stereocenters. The van der Waals surface area contributed by atoms with E-state index in [1.54, 1.807) is 0 Å². The minimum atomic E-state index is -0.917. The molecule has 0 aliphatic heterocycles. The number of ether oxygens (including phenoxy) is 2. The Morgan fingerprint density at radius 2 is 1.65 bits per heavy atom. The van der Waals surface area contributed by atoms with E-state index in [1.165, 1.54) is 0 Å². The number of carbonyl (C=O) groups is 2. The number of azo groups is 1. The molecule has 0 spiro atoms. The summed E-state index contributed by atoms with van der Waals surface area (Å²) in [7, 11) is 0. The van der Waals surface area contributed by atoms with Gasteiger partial charge >= 0.3 is 12.2 Å². The van der Waals surface area contributed by atoms with Crippen molar-refractivity contribution in [2.75, 3.05) is 6.61 Å². The van der Waals surface area contributed by atoms with Gasteiger partial charge in [0.15, 0.2) is 0 Å². The molecule has 0 fully saturated rings. The van der Waals surface area contributed by atoms with Crippen LogP contribution >= 0.6 is 0 Å². The average molecular weight is 278 g/mol. The van der Waals surface area contributed by atoms with Gasteiger partial charge in [-0.25, -0.2) is 9.59 Å². The lowest BCUT2D eigenvalue weighted by atomic mass is 10.2. The van der Waals surface area contributed by atoms with Crippen molar-refractivity contribution >= 4 is 12.2 Å². The number of benzene rings is 1. The Balaban J connectivity index is 2.20. The third kappa shape index (κ3) is 7.25. The Morgan fingerprint density at radius 3 is 2.30 bits per heavy atom. The Hall–Kier alpha value is -2.24. The summed E-state index contributed by atoms with van der Waals surface area (Å²) < 4.78 is 9.56. The first-order chi connectivity index (χ1) is 9.72. The predicted octanol–water partition coefficient (Wildman–Crippen LogP) is 4.10. The maximum Gasteiger partial charge on any atom is 0.452 e. The summed E-state index contributed by atoms with van der Waals surface area (Å²) in [5.74, 6) is 0. The van der Waals surface area contributed by atoms with Gasteiger partial charge in [-0.05, 0) is 12.0 Å². The Labute approximate surface area is 117 Å². The van der Waals surface area contributed by atoms with E-state index >= 15 is 0 Å². The molecule has 0 N–H and O–H groups in total. The fourth-order valence-electron chi connectivity index (χ4n) is 1.37. The van der Waals surface area contributed by atoms with E-state index in [2.05, 4.69) is 10.2 Å². The highest BCUT2D eigenvalue weighted by molar-refractivity contribution is 5.73. The minimum Gasteiger partial charge on any atom is -0.447 e. The van der Waals surface area contributed by atoms with Crippen LogP contribution in [0.4, 0.5) is 9.59 Å². The third-order valence-corrected chi connectivity index (χ3v) is 2.39. The fourth-order valence-corrected chi connectivity index (χ4v) is 1.37. The molecular weight excluding hydrogens is 260 g/mol. The van der Waals surface area contributed by atoms with Crippen molar-refractivity contribution in [3.8, 4) is 0 Å². The van der Waals surface area contributed by atoms with Gasteiger partial charge < -0.3 is 9.47 Å². The molecule has 6 nitrogen and oxygen atoms in total. The number of amides is 2. The second kappa shape index (κ2) is 9.66. The van der Waals surface area contributed by atoms with Crippen LogP contribution < -0.4 is 0 Å². The zero-order valence-electron chi connectivity index (χ0n) is 11.4. The van der Waals surface area contributed by atoms with Gasteiger partial charge in [-0.3, -0.25) is 0 Å². The molecule has 0 heterocycles. The van der Waals surface area contributed by atoms with Gasteiger partial charge in [0.25, 0.3) is 0 Å². The number of hydrogen-bond donors (Lipinski definition) is 0. The monoisotopic (exact) mass is 278 g/mol. The maximum absolute atomic E-state index is 11.2. The maximum atomic E-state index is 11.2. The molecule has 20 heavy (non-hydrogen) atoms. The molecule has 2 amide bonds. The van der Waals surface area contributed by atoms with Crippen LogP contribution in [0.15, 0.2) is 40.6 Å². The largest absolute Gasteiger partial charge is 0.452 e.